The Morgan fingerprint density at radius 1 is 1.13 bits per heavy atom. The van der Waals surface area contributed by atoms with Crippen molar-refractivity contribution in [3.8, 4) is 11.5 Å². The topological polar surface area (TPSA) is 132 Å². The second-order valence-corrected chi connectivity index (χ2v) is 10.1. The van der Waals surface area contributed by atoms with Gasteiger partial charge in [-0.3, -0.25) is 19.3 Å². The molecule has 1 atom stereocenters. The number of amides is 2. The van der Waals surface area contributed by atoms with Crippen LogP contribution in [0, 0.1) is 6.92 Å². The molecule has 0 fully saturated rings. The molecule has 9 nitrogen and oxygen atoms in total. The highest BCUT2D eigenvalue weighted by molar-refractivity contribution is 5.89. The number of rotatable bonds is 7. The fourth-order valence-electron chi connectivity index (χ4n) is 3.65. The molecule has 2 aromatic heterocycles. The number of pyridine rings is 1. The molecule has 4 rings (SSSR count). The van der Waals surface area contributed by atoms with E-state index in [9.17, 15) is 14.7 Å². The third-order valence-electron chi connectivity index (χ3n) is 6.11. The lowest BCUT2D eigenvalue weighted by Crippen LogP contribution is -2.38. The molecule has 2 aromatic carbocycles. The maximum absolute atomic E-state index is 11.6. The number of primary amides is 1. The van der Waals surface area contributed by atoms with Gasteiger partial charge >= 0.3 is 0 Å². The van der Waals surface area contributed by atoms with E-state index in [-0.39, 0.29) is 5.54 Å². The first kappa shape index (κ1) is 28.3. The molecule has 0 bridgehead atoms. The molecule has 0 aliphatic heterocycles. The van der Waals surface area contributed by atoms with Gasteiger partial charge in [-0.2, -0.15) is 5.10 Å². The third kappa shape index (κ3) is 6.54. The smallest absolute Gasteiger partial charge is 0.253 e. The van der Waals surface area contributed by atoms with Crippen molar-refractivity contribution >= 4 is 28.9 Å². The van der Waals surface area contributed by atoms with Crippen molar-refractivity contribution in [3.05, 3.63) is 77.7 Å². The average molecular weight is 518 g/mol. The summed E-state index contributed by atoms with van der Waals surface area (Å²) in [4.78, 5) is 26.0. The normalized spacial score (nSPS) is 12.7. The van der Waals surface area contributed by atoms with E-state index >= 15 is 0 Å². The Balaban J connectivity index is 0.000000279. The van der Waals surface area contributed by atoms with E-state index in [4.69, 9.17) is 10.5 Å². The standard InChI is InChI=1S/C21H22N2O3.C8H13N3O/c1-4-14-5-8-18(13(2)11-14)26-19-9-10-23-17-7-6-15(12-16(17)19)21(3,25)20(22)24;1-8(2,3)11-5-7(4-10-11)9-6-12/h5-12,25H,4H2,1-3H3,(H2,22,24);4-6H,1-3H3,(H,9,12). The van der Waals surface area contributed by atoms with Crippen LogP contribution in [0.3, 0.4) is 0 Å². The predicted molar refractivity (Wildman–Crippen MR) is 148 cm³/mol. The van der Waals surface area contributed by atoms with Crippen molar-refractivity contribution in [2.45, 2.75) is 59.1 Å². The van der Waals surface area contributed by atoms with Gasteiger partial charge in [0.1, 0.15) is 11.5 Å². The summed E-state index contributed by atoms with van der Waals surface area (Å²) in [6.07, 6.45) is 6.70. The molecule has 2 amide bonds. The molecule has 4 N–H and O–H groups in total. The molecule has 9 heteroatoms. The van der Waals surface area contributed by atoms with E-state index in [0.29, 0.717) is 28.6 Å². The fraction of sp³-hybridized carbons (Fsp3) is 0.310. The minimum atomic E-state index is -1.76. The first-order valence-electron chi connectivity index (χ1n) is 12.3. The number of nitrogens with one attached hydrogen (secondary N) is 1. The van der Waals surface area contributed by atoms with Crippen LogP contribution in [0.5, 0.6) is 11.5 Å². The Hall–Kier alpha value is -4.24. The van der Waals surface area contributed by atoms with E-state index in [2.05, 4.69) is 28.4 Å². The number of aromatic nitrogens is 3. The average Bonchev–Trinajstić information content (AvgIpc) is 3.35. The largest absolute Gasteiger partial charge is 0.456 e. The van der Waals surface area contributed by atoms with E-state index in [1.54, 1.807) is 47.5 Å². The summed E-state index contributed by atoms with van der Waals surface area (Å²) in [6, 6.07) is 12.9. The van der Waals surface area contributed by atoms with Crippen LogP contribution in [0.15, 0.2) is 61.1 Å². The van der Waals surface area contributed by atoms with E-state index in [0.717, 1.165) is 23.4 Å². The number of ether oxygens (including phenoxy) is 1. The van der Waals surface area contributed by atoms with Gasteiger partial charge in [0.15, 0.2) is 5.60 Å². The number of carbonyl (C=O) groups excluding carboxylic acids is 2. The van der Waals surface area contributed by atoms with Crippen molar-refractivity contribution < 1.29 is 19.4 Å². The van der Waals surface area contributed by atoms with Gasteiger partial charge in [0.25, 0.3) is 5.91 Å². The Bertz CT molecular complexity index is 1440. The number of hydrogen-bond acceptors (Lipinski definition) is 6. The maximum Gasteiger partial charge on any atom is 0.253 e. The minimum absolute atomic E-state index is 0.0389. The summed E-state index contributed by atoms with van der Waals surface area (Å²) in [5, 5.41) is 17.7. The third-order valence-corrected chi connectivity index (χ3v) is 6.11. The molecule has 4 aromatic rings. The minimum Gasteiger partial charge on any atom is -0.456 e. The molecule has 2 heterocycles. The number of hydrogen-bond donors (Lipinski definition) is 3. The van der Waals surface area contributed by atoms with Crippen molar-refractivity contribution in [1.29, 1.82) is 0 Å². The first-order chi connectivity index (χ1) is 17.9. The highest BCUT2D eigenvalue weighted by Gasteiger charge is 2.30. The highest BCUT2D eigenvalue weighted by Crippen LogP contribution is 2.33. The lowest BCUT2D eigenvalue weighted by Gasteiger charge is -2.20. The number of aryl methyl sites for hydroxylation is 2. The molecule has 38 heavy (non-hydrogen) atoms. The number of fused-ring (bicyclic) bond motifs is 1. The van der Waals surface area contributed by atoms with Crippen molar-refractivity contribution in [3.63, 3.8) is 0 Å². The second-order valence-electron chi connectivity index (χ2n) is 10.1. The van der Waals surface area contributed by atoms with Crippen LogP contribution in [0.25, 0.3) is 10.9 Å². The van der Waals surface area contributed by atoms with Crippen LogP contribution >= 0.6 is 0 Å². The van der Waals surface area contributed by atoms with Crippen LogP contribution in [0.4, 0.5) is 5.69 Å². The Kier molecular flexibility index (Phi) is 8.53. The number of carbonyl (C=O) groups is 2. The summed E-state index contributed by atoms with van der Waals surface area (Å²) >= 11 is 0. The van der Waals surface area contributed by atoms with E-state index in [1.807, 2.05) is 39.8 Å². The number of anilines is 1. The van der Waals surface area contributed by atoms with Gasteiger partial charge in [0.2, 0.25) is 6.41 Å². The number of aliphatic hydroxyl groups is 1. The zero-order valence-electron chi connectivity index (χ0n) is 22.6. The Morgan fingerprint density at radius 3 is 2.45 bits per heavy atom. The fourth-order valence-corrected chi connectivity index (χ4v) is 3.65. The van der Waals surface area contributed by atoms with Crippen LogP contribution in [-0.4, -0.2) is 32.2 Å². The Labute approximate surface area is 222 Å². The molecule has 200 valence electrons. The van der Waals surface area contributed by atoms with Crippen molar-refractivity contribution in [2.75, 3.05) is 5.32 Å². The summed E-state index contributed by atoms with van der Waals surface area (Å²) in [5.74, 6) is 0.542. The van der Waals surface area contributed by atoms with Gasteiger partial charge in [-0.25, -0.2) is 0 Å². The summed E-state index contributed by atoms with van der Waals surface area (Å²) in [6.45, 7) is 11.6. The molecule has 0 radical (unpaired) electrons. The number of benzene rings is 2. The zero-order chi connectivity index (χ0) is 28.1. The summed E-state index contributed by atoms with van der Waals surface area (Å²) in [5.41, 5.74) is 7.62. The van der Waals surface area contributed by atoms with E-state index in [1.165, 1.54) is 12.5 Å². The van der Waals surface area contributed by atoms with Gasteiger partial charge in [-0.15, -0.1) is 0 Å². The van der Waals surface area contributed by atoms with Gasteiger partial charge < -0.3 is 20.9 Å². The van der Waals surface area contributed by atoms with Crippen LogP contribution in [-0.2, 0) is 27.1 Å². The van der Waals surface area contributed by atoms with Crippen LogP contribution in [0.1, 0.15) is 51.3 Å². The summed E-state index contributed by atoms with van der Waals surface area (Å²) in [7, 11) is 0. The lowest BCUT2D eigenvalue weighted by molar-refractivity contribution is -0.135. The van der Waals surface area contributed by atoms with Gasteiger partial charge in [0.05, 0.1) is 22.9 Å². The molecule has 0 aliphatic carbocycles. The molecule has 1 unspecified atom stereocenters. The quantitative estimate of drug-likeness (QED) is 0.302. The number of nitrogens with two attached hydrogens (primary N) is 1. The van der Waals surface area contributed by atoms with Crippen LogP contribution < -0.4 is 15.8 Å². The zero-order valence-corrected chi connectivity index (χ0v) is 22.6. The highest BCUT2D eigenvalue weighted by atomic mass is 16.5. The maximum atomic E-state index is 11.6. The Morgan fingerprint density at radius 2 is 1.87 bits per heavy atom. The molecule has 0 aliphatic rings. The van der Waals surface area contributed by atoms with Crippen molar-refractivity contribution in [1.82, 2.24) is 14.8 Å². The van der Waals surface area contributed by atoms with Gasteiger partial charge in [0, 0.05) is 17.8 Å². The molecular formula is C29H35N5O4. The SMILES string of the molecule is CC(C)(C)n1cc(NC=O)cn1.CCc1ccc(Oc2ccnc3ccc(C(C)(O)C(N)=O)cc23)c(C)c1. The van der Waals surface area contributed by atoms with Gasteiger partial charge in [-0.1, -0.05) is 25.1 Å². The molecule has 0 spiro atoms. The van der Waals surface area contributed by atoms with Gasteiger partial charge in [-0.05, 0) is 82.0 Å². The number of nitrogens with zero attached hydrogens (tertiary/aromatic N) is 3. The summed E-state index contributed by atoms with van der Waals surface area (Å²) < 4.78 is 7.92. The predicted octanol–water partition coefficient (Wildman–Crippen LogP) is 4.80. The van der Waals surface area contributed by atoms with Crippen molar-refractivity contribution in [2.24, 2.45) is 5.73 Å². The molecular weight excluding hydrogens is 482 g/mol. The second kappa shape index (κ2) is 11.4. The molecule has 0 saturated heterocycles. The van der Waals surface area contributed by atoms with E-state index < -0.39 is 11.5 Å². The lowest BCUT2D eigenvalue weighted by atomic mass is 9.94. The first-order valence-corrected chi connectivity index (χ1v) is 12.3. The molecule has 0 saturated carbocycles. The van der Waals surface area contributed by atoms with Crippen LogP contribution in [0.2, 0.25) is 0 Å². The monoisotopic (exact) mass is 517 g/mol.